The van der Waals surface area contributed by atoms with E-state index in [-0.39, 0.29) is 12.1 Å². The zero-order chi connectivity index (χ0) is 12.1. The predicted octanol–water partition coefficient (Wildman–Crippen LogP) is 1.63. The molecule has 1 fully saturated rings. The molecule has 0 saturated carbocycles. The van der Waals surface area contributed by atoms with E-state index in [0.717, 1.165) is 19.4 Å². The SMILES string of the molecule is CCOC(=O)c1nccn1CC1CCCCO1. The van der Waals surface area contributed by atoms with Crippen LogP contribution in [0.3, 0.4) is 0 Å². The molecule has 1 aliphatic rings. The first kappa shape index (κ1) is 12.1. The Balaban J connectivity index is 2.00. The summed E-state index contributed by atoms with van der Waals surface area (Å²) in [7, 11) is 0. The fraction of sp³-hybridized carbons (Fsp3) is 0.667. The number of imidazole rings is 1. The Bertz CT molecular complexity index is 370. The summed E-state index contributed by atoms with van der Waals surface area (Å²) in [5, 5.41) is 0. The van der Waals surface area contributed by atoms with Crippen molar-refractivity contribution in [3.63, 3.8) is 0 Å². The van der Waals surface area contributed by atoms with E-state index >= 15 is 0 Å². The lowest BCUT2D eigenvalue weighted by molar-refractivity contribution is 0.00502. The lowest BCUT2D eigenvalue weighted by Gasteiger charge is -2.23. The summed E-state index contributed by atoms with van der Waals surface area (Å²) in [5.41, 5.74) is 0. The molecule has 2 rings (SSSR count). The van der Waals surface area contributed by atoms with Crippen molar-refractivity contribution in [2.45, 2.75) is 38.8 Å². The van der Waals surface area contributed by atoms with Gasteiger partial charge in [0.05, 0.1) is 19.3 Å². The van der Waals surface area contributed by atoms with Crippen molar-refractivity contribution in [1.29, 1.82) is 0 Å². The van der Waals surface area contributed by atoms with Gasteiger partial charge >= 0.3 is 5.97 Å². The molecule has 1 unspecified atom stereocenters. The number of ether oxygens (including phenoxy) is 2. The van der Waals surface area contributed by atoms with Crippen LogP contribution in [-0.2, 0) is 16.0 Å². The van der Waals surface area contributed by atoms with Crippen LogP contribution >= 0.6 is 0 Å². The largest absolute Gasteiger partial charge is 0.460 e. The van der Waals surface area contributed by atoms with E-state index in [1.807, 2.05) is 4.57 Å². The van der Waals surface area contributed by atoms with Crippen molar-refractivity contribution in [3.8, 4) is 0 Å². The number of carbonyl (C=O) groups excluding carboxylic acids is 1. The van der Waals surface area contributed by atoms with E-state index in [0.29, 0.717) is 19.0 Å². The summed E-state index contributed by atoms with van der Waals surface area (Å²) in [6, 6.07) is 0. The van der Waals surface area contributed by atoms with Gasteiger partial charge in [0.25, 0.3) is 0 Å². The number of hydrogen-bond acceptors (Lipinski definition) is 4. The van der Waals surface area contributed by atoms with E-state index < -0.39 is 0 Å². The third-order valence-corrected chi connectivity index (χ3v) is 2.85. The highest BCUT2D eigenvalue weighted by atomic mass is 16.5. The van der Waals surface area contributed by atoms with Gasteiger partial charge in [0.2, 0.25) is 5.82 Å². The van der Waals surface area contributed by atoms with Gasteiger partial charge in [-0.15, -0.1) is 0 Å². The number of carbonyl (C=O) groups is 1. The molecule has 5 nitrogen and oxygen atoms in total. The molecule has 0 N–H and O–H groups in total. The predicted molar refractivity (Wildman–Crippen MR) is 61.8 cm³/mol. The molecule has 1 aromatic rings. The summed E-state index contributed by atoms with van der Waals surface area (Å²) in [6.45, 7) is 3.64. The number of rotatable bonds is 4. The van der Waals surface area contributed by atoms with Crippen molar-refractivity contribution < 1.29 is 14.3 Å². The number of esters is 1. The second-order valence-electron chi connectivity index (χ2n) is 4.11. The maximum atomic E-state index is 11.6. The normalized spacial score (nSPS) is 20.2. The average Bonchev–Trinajstić information content (AvgIpc) is 2.79. The average molecular weight is 238 g/mol. The van der Waals surface area contributed by atoms with Crippen LogP contribution < -0.4 is 0 Å². The van der Waals surface area contributed by atoms with Crippen LogP contribution in [0.5, 0.6) is 0 Å². The molecule has 2 heterocycles. The minimum atomic E-state index is -0.367. The van der Waals surface area contributed by atoms with Gasteiger partial charge in [-0.2, -0.15) is 0 Å². The molecule has 0 amide bonds. The van der Waals surface area contributed by atoms with Crippen molar-refractivity contribution in [1.82, 2.24) is 9.55 Å². The number of nitrogens with zero attached hydrogens (tertiary/aromatic N) is 2. The smallest absolute Gasteiger partial charge is 0.374 e. The molecule has 1 atom stereocenters. The first-order chi connectivity index (χ1) is 8.31. The van der Waals surface area contributed by atoms with Crippen LogP contribution in [0.15, 0.2) is 12.4 Å². The standard InChI is InChI=1S/C12H18N2O3/c1-2-16-12(15)11-13-6-7-14(11)9-10-5-3-4-8-17-10/h6-7,10H,2-5,8-9H2,1H3. The highest BCUT2D eigenvalue weighted by molar-refractivity contribution is 5.85. The fourth-order valence-electron chi connectivity index (χ4n) is 2.01. The number of hydrogen-bond donors (Lipinski definition) is 0. The Morgan fingerprint density at radius 1 is 1.65 bits per heavy atom. The van der Waals surface area contributed by atoms with Crippen LogP contribution in [0.2, 0.25) is 0 Å². The van der Waals surface area contributed by atoms with E-state index in [2.05, 4.69) is 4.98 Å². The third-order valence-electron chi connectivity index (χ3n) is 2.85. The maximum Gasteiger partial charge on any atom is 0.374 e. The van der Waals surface area contributed by atoms with Gasteiger partial charge in [-0.3, -0.25) is 0 Å². The summed E-state index contributed by atoms with van der Waals surface area (Å²) >= 11 is 0. The zero-order valence-electron chi connectivity index (χ0n) is 10.1. The highest BCUT2D eigenvalue weighted by Gasteiger charge is 2.19. The summed E-state index contributed by atoms with van der Waals surface area (Å²) in [5.74, 6) is -0.00525. The topological polar surface area (TPSA) is 53.3 Å². The van der Waals surface area contributed by atoms with Gasteiger partial charge in [-0.1, -0.05) is 0 Å². The van der Waals surface area contributed by atoms with Crippen molar-refractivity contribution in [2.24, 2.45) is 0 Å². The lowest BCUT2D eigenvalue weighted by atomic mass is 10.1. The van der Waals surface area contributed by atoms with Crippen LogP contribution in [0, 0.1) is 0 Å². The zero-order valence-corrected chi connectivity index (χ0v) is 10.1. The van der Waals surface area contributed by atoms with Gasteiger partial charge < -0.3 is 14.0 Å². The fourth-order valence-corrected chi connectivity index (χ4v) is 2.01. The Hall–Kier alpha value is -1.36. The molecule has 0 aliphatic carbocycles. The Labute approximate surface area is 101 Å². The second kappa shape index (κ2) is 5.82. The molecule has 0 bridgehead atoms. The van der Waals surface area contributed by atoms with Gasteiger partial charge in [-0.05, 0) is 26.2 Å². The van der Waals surface area contributed by atoms with Gasteiger partial charge in [0.15, 0.2) is 0 Å². The lowest BCUT2D eigenvalue weighted by Crippen LogP contribution is -2.26. The first-order valence-electron chi connectivity index (χ1n) is 6.11. The number of aromatic nitrogens is 2. The molecular weight excluding hydrogens is 220 g/mol. The molecule has 17 heavy (non-hydrogen) atoms. The molecule has 0 radical (unpaired) electrons. The molecule has 1 saturated heterocycles. The molecule has 1 aromatic heterocycles. The van der Waals surface area contributed by atoms with E-state index in [4.69, 9.17) is 9.47 Å². The molecule has 5 heteroatoms. The minimum Gasteiger partial charge on any atom is -0.460 e. The van der Waals surface area contributed by atoms with Gasteiger partial charge in [0, 0.05) is 19.0 Å². The molecule has 0 spiro atoms. The minimum absolute atomic E-state index is 0.186. The summed E-state index contributed by atoms with van der Waals surface area (Å²) in [4.78, 5) is 15.7. The van der Waals surface area contributed by atoms with Crippen LogP contribution in [0.25, 0.3) is 0 Å². The third kappa shape index (κ3) is 3.06. The van der Waals surface area contributed by atoms with E-state index in [1.165, 1.54) is 6.42 Å². The van der Waals surface area contributed by atoms with Crippen LogP contribution in [-0.4, -0.2) is 34.8 Å². The van der Waals surface area contributed by atoms with Gasteiger partial charge in [0.1, 0.15) is 0 Å². The van der Waals surface area contributed by atoms with E-state index in [1.54, 1.807) is 19.3 Å². The van der Waals surface area contributed by atoms with Crippen LogP contribution in [0.1, 0.15) is 36.8 Å². The molecular formula is C12H18N2O3. The van der Waals surface area contributed by atoms with Crippen molar-refractivity contribution in [2.75, 3.05) is 13.2 Å². The Kier molecular flexibility index (Phi) is 4.14. The second-order valence-corrected chi connectivity index (χ2v) is 4.11. The highest BCUT2D eigenvalue weighted by Crippen LogP contribution is 2.15. The molecule has 94 valence electrons. The summed E-state index contributed by atoms with van der Waals surface area (Å²) in [6.07, 6.45) is 6.96. The molecule has 1 aliphatic heterocycles. The van der Waals surface area contributed by atoms with Crippen LogP contribution in [0.4, 0.5) is 0 Å². The molecule has 0 aromatic carbocycles. The maximum absolute atomic E-state index is 11.6. The Morgan fingerprint density at radius 2 is 2.53 bits per heavy atom. The van der Waals surface area contributed by atoms with E-state index in [9.17, 15) is 4.79 Å². The van der Waals surface area contributed by atoms with Gasteiger partial charge in [-0.25, -0.2) is 9.78 Å². The first-order valence-corrected chi connectivity index (χ1v) is 6.11. The quantitative estimate of drug-likeness (QED) is 0.748. The van der Waals surface area contributed by atoms with Crippen molar-refractivity contribution >= 4 is 5.97 Å². The summed E-state index contributed by atoms with van der Waals surface area (Å²) < 4.78 is 12.4. The van der Waals surface area contributed by atoms with Crippen molar-refractivity contribution in [3.05, 3.63) is 18.2 Å². The monoisotopic (exact) mass is 238 g/mol. The Morgan fingerprint density at radius 3 is 3.24 bits per heavy atom.